The van der Waals surface area contributed by atoms with Gasteiger partial charge in [0.15, 0.2) is 0 Å². The number of carbonyl (C=O) groups is 2. The van der Waals surface area contributed by atoms with Crippen LogP contribution in [0.4, 0.5) is 4.39 Å². The predicted octanol–water partition coefficient (Wildman–Crippen LogP) is 3.77. The minimum absolute atomic E-state index is 0.134. The molecule has 3 rings (SSSR count). The maximum absolute atomic E-state index is 13.0. The monoisotopic (exact) mass is 415 g/mol. The van der Waals surface area contributed by atoms with Gasteiger partial charge in [-0.05, 0) is 41.5 Å². The molecule has 0 aliphatic carbocycles. The van der Waals surface area contributed by atoms with Gasteiger partial charge in [0.25, 0.3) is 11.8 Å². The Balaban J connectivity index is 1.64. The smallest absolute Gasteiger partial charge is 0.280 e. The first-order valence-electron chi connectivity index (χ1n) is 9.30. The van der Waals surface area contributed by atoms with Crippen LogP contribution in [0.2, 0.25) is 0 Å². The summed E-state index contributed by atoms with van der Waals surface area (Å²) in [6.45, 7) is 0.134. The molecular weight excluding hydrogens is 397 g/mol. The van der Waals surface area contributed by atoms with Crippen molar-refractivity contribution in [3.05, 3.63) is 107 Å². The number of nitrogens with zero attached hydrogens (tertiary/aromatic N) is 1. The number of nitrogens with one attached hydrogen (secondary N) is 2. The third kappa shape index (κ3) is 6.02. The Kier molecular flexibility index (Phi) is 7.12. The molecule has 0 heterocycles. The summed E-state index contributed by atoms with van der Waals surface area (Å²) in [5.41, 5.74) is 5.96. The van der Waals surface area contributed by atoms with E-state index in [1.54, 1.807) is 54.6 Å². The van der Waals surface area contributed by atoms with Crippen LogP contribution in [-0.2, 0) is 11.4 Å². The highest BCUT2D eigenvalue weighted by atomic mass is 19.1. The van der Waals surface area contributed by atoms with Crippen LogP contribution in [0.5, 0.6) is 5.75 Å². The summed E-state index contributed by atoms with van der Waals surface area (Å²) in [5, 5.41) is 9.24. The fraction of sp³-hybridized carbons (Fsp3) is 0.0417. The summed E-state index contributed by atoms with van der Waals surface area (Å²) in [5.74, 6) is -1.42. The zero-order valence-corrected chi connectivity index (χ0v) is 16.3. The second-order valence-corrected chi connectivity index (χ2v) is 6.40. The Hall–Kier alpha value is -4.44. The molecule has 0 spiro atoms. The van der Waals surface area contributed by atoms with Gasteiger partial charge >= 0.3 is 0 Å². The van der Waals surface area contributed by atoms with Gasteiger partial charge in [-0.3, -0.25) is 20.4 Å². The Labute approximate surface area is 178 Å². The maximum atomic E-state index is 13.0. The molecule has 0 saturated heterocycles. The van der Waals surface area contributed by atoms with Crippen LogP contribution in [0, 0.1) is 17.1 Å². The number of rotatable bonds is 6. The van der Waals surface area contributed by atoms with Gasteiger partial charge in [-0.25, -0.2) is 4.39 Å². The number of benzene rings is 3. The van der Waals surface area contributed by atoms with Crippen LogP contribution in [0.15, 0.2) is 84.4 Å². The van der Waals surface area contributed by atoms with Crippen LogP contribution in [0.25, 0.3) is 6.08 Å². The number of hydrogen-bond donors (Lipinski definition) is 2. The van der Waals surface area contributed by atoms with Crippen molar-refractivity contribution < 1.29 is 18.7 Å². The molecule has 0 aromatic heterocycles. The molecule has 2 amide bonds. The average molecular weight is 415 g/mol. The van der Waals surface area contributed by atoms with E-state index in [0.717, 1.165) is 5.56 Å². The van der Waals surface area contributed by atoms with Gasteiger partial charge < -0.3 is 4.74 Å². The first-order chi connectivity index (χ1) is 15.1. The normalized spacial score (nSPS) is 10.6. The lowest BCUT2D eigenvalue weighted by Gasteiger charge is -2.12. The van der Waals surface area contributed by atoms with Crippen LogP contribution in [-0.4, -0.2) is 11.8 Å². The number of ether oxygens (including phenoxy) is 1. The lowest BCUT2D eigenvalue weighted by molar-refractivity contribution is -0.117. The maximum Gasteiger partial charge on any atom is 0.280 e. The van der Waals surface area contributed by atoms with E-state index in [2.05, 4.69) is 10.9 Å². The third-order valence-electron chi connectivity index (χ3n) is 4.20. The first-order valence-corrected chi connectivity index (χ1v) is 9.30. The first kappa shape index (κ1) is 21.3. The molecule has 0 saturated carbocycles. The van der Waals surface area contributed by atoms with Gasteiger partial charge in [0.05, 0.1) is 5.56 Å². The van der Waals surface area contributed by atoms with E-state index in [-0.39, 0.29) is 23.6 Å². The third-order valence-corrected chi connectivity index (χ3v) is 4.20. The van der Waals surface area contributed by atoms with Gasteiger partial charge in [0.2, 0.25) is 0 Å². The van der Waals surface area contributed by atoms with Crippen LogP contribution >= 0.6 is 0 Å². The van der Waals surface area contributed by atoms with Gasteiger partial charge in [0, 0.05) is 0 Å². The molecular formula is C24H18FN3O3. The lowest BCUT2D eigenvalue weighted by atomic mass is 10.1. The molecule has 3 aromatic rings. The highest BCUT2D eigenvalue weighted by molar-refractivity contribution is 6.04. The quantitative estimate of drug-likeness (QED) is 0.364. The Morgan fingerprint density at radius 3 is 2.32 bits per heavy atom. The molecule has 7 heteroatoms. The molecule has 31 heavy (non-hydrogen) atoms. The van der Waals surface area contributed by atoms with E-state index in [9.17, 15) is 19.2 Å². The molecule has 0 unspecified atom stereocenters. The summed E-state index contributed by atoms with van der Waals surface area (Å²) in [7, 11) is 0. The van der Waals surface area contributed by atoms with Crippen molar-refractivity contribution in [3.63, 3.8) is 0 Å². The van der Waals surface area contributed by atoms with E-state index >= 15 is 0 Å². The van der Waals surface area contributed by atoms with Crippen molar-refractivity contribution in [2.24, 2.45) is 0 Å². The van der Waals surface area contributed by atoms with Crippen molar-refractivity contribution in [3.8, 4) is 11.8 Å². The second-order valence-electron chi connectivity index (χ2n) is 6.40. The number of halogens is 1. The van der Waals surface area contributed by atoms with E-state index < -0.39 is 11.8 Å². The highest BCUT2D eigenvalue weighted by Crippen LogP contribution is 2.19. The fourth-order valence-corrected chi connectivity index (χ4v) is 2.63. The summed E-state index contributed by atoms with van der Waals surface area (Å²) in [4.78, 5) is 24.8. The number of hydrazine groups is 1. The van der Waals surface area contributed by atoms with Crippen molar-refractivity contribution in [2.75, 3.05) is 0 Å². The lowest BCUT2D eigenvalue weighted by Crippen LogP contribution is -2.42. The Morgan fingerprint density at radius 1 is 0.935 bits per heavy atom. The van der Waals surface area contributed by atoms with Gasteiger partial charge in [-0.2, -0.15) is 5.26 Å². The van der Waals surface area contributed by atoms with E-state index in [0.29, 0.717) is 11.3 Å². The second kappa shape index (κ2) is 10.4. The average Bonchev–Trinajstić information content (AvgIpc) is 2.81. The Bertz CT molecular complexity index is 1140. The minimum atomic E-state index is -0.746. The summed E-state index contributed by atoms with van der Waals surface area (Å²) < 4.78 is 18.7. The molecule has 0 aliphatic rings. The van der Waals surface area contributed by atoms with Crippen molar-refractivity contribution in [1.29, 1.82) is 5.26 Å². The van der Waals surface area contributed by atoms with Gasteiger partial charge in [-0.15, -0.1) is 0 Å². The molecule has 0 radical (unpaired) electrons. The predicted molar refractivity (Wildman–Crippen MR) is 113 cm³/mol. The topological polar surface area (TPSA) is 91.2 Å². The van der Waals surface area contributed by atoms with Crippen LogP contribution < -0.4 is 15.6 Å². The number of amides is 2. The number of para-hydroxylation sites is 1. The molecule has 2 N–H and O–H groups in total. The standard InChI is InChI=1S/C24H18FN3O3/c25-20-12-10-18(11-13-20)16-31-22-9-5-4-8-21(22)24(30)28-27-23(29)19(15-26)14-17-6-2-1-3-7-17/h1-14H,16H2,(H,27,29)(H,28,30)/b19-14-. The van der Waals surface area contributed by atoms with Gasteiger partial charge in [-0.1, -0.05) is 54.6 Å². The molecule has 0 bridgehead atoms. The van der Waals surface area contributed by atoms with Crippen LogP contribution in [0.1, 0.15) is 21.5 Å². The van der Waals surface area contributed by atoms with Crippen molar-refractivity contribution >= 4 is 17.9 Å². The number of carbonyl (C=O) groups excluding carboxylic acids is 2. The van der Waals surface area contributed by atoms with E-state index in [4.69, 9.17) is 4.74 Å². The number of hydrogen-bond acceptors (Lipinski definition) is 4. The van der Waals surface area contributed by atoms with Crippen molar-refractivity contribution in [1.82, 2.24) is 10.9 Å². The number of nitriles is 1. The largest absolute Gasteiger partial charge is 0.488 e. The molecule has 0 aliphatic heterocycles. The summed E-state index contributed by atoms with van der Waals surface area (Å²) >= 11 is 0. The molecule has 3 aromatic carbocycles. The zero-order chi connectivity index (χ0) is 22.1. The molecule has 0 atom stereocenters. The van der Waals surface area contributed by atoms with E-state index in [1.165, 1.54) is 24.3 Å². The molecule has 6 nitrogen and oxygen atoms in total. The minimum Gasteiger partial charge on any atom is -0.488 e. The van der Waals surface area contributed by atoms with Crippen LogP contribution in [0.3, 0.4) is 0 Å². The SMILES string of the molecule is N#C/C(=C/c1ccccc1)C(=O)NNC(=O)c1ccccc1OCc1ccc(F)cc1. The zero-order valence-electron chi connectivity index (χ0n) is 16.3. The summed E-state index contributed by atoms with van der Waals surface area (Å²) in [6.07, 6.45) is 1.42. The molecule has 0 fully saturated rings. The highest BCUT2D eigenvalue weighted by Gasteiger charge is 2.15. The summed E-state index contributed by atoms with van der Waals surface area (Å²) in [6, 6.07) is 23.0. The van der Waals surface area contributed by atoms with Crippen molar-refractivity contribution in [2.45, 2.75) is 6.61 Å². The van der Waals surface area contributed by atoms with Gasteiger partial charge in [0.1, 0.15) is 29.8 Å². The van der Waals surface area contributed by atoms with E-state index in [1.807, 2.05) is 12.1 Å². The Morgan fingerprint density at radius 2 is 1.61 bits per heavy atom. The fourth-order valence-electron chi connectivity index (χ4n) is 2.63. The molecule has 154 valence electrons.